The molecule has 1 aliphatic heterocycles. The van der Waals surface area contributed by atoms with Crippen molar-refractivity contribution in [2.45, 2.75) is 38.2 Å². The topological polar surface area (TPSA) is 58.8 Å². The lowest BCUT2D eigenvalue weighted by Crippen LogP contribution is -2.47. The van der Waals surface area contributed by atoms with Crippen LogP contribution in [0, 0.1) is 5.92 Å². The molecule has 0 atom stereocenters. The van der Waals surface area contributed by atoms with Gasteiger partial charge in [-0.3, -0.25) is 4.90 Å². The van der Waals surface area contributed by atoms with Gasteiger partial charge in [-0.05, 0) is 68.1 Å². The third kappa shape index (κ3) is 4.55. The van der Waals surface area contributed by atoms with Gasteiger partial charge in [0.15, 0.2) is 0 Å². The first kappa shape index (κ1) is 18.6. The predicted molar refractivity (Wildman–Crippen MR) is 112 cm³/mol. The molecule has 146 valence electrons. The summed E-state index contributed by atoms with van der Waals surface area (Å²) in [4.78, 5) is 16.0. The largest absolute Gasteiger partial charge is 0.446 e. The molecule has 2 aromatic rings. The van der Waals surface area contributed by atoms with Crippen molar-refractivity contribution in [2.24, 2.45) is 11.7 Å². The number of nitrogens with two attached hydrogens (primary N) is 1. The third-order valence-electron chi connectivity index (χ3n) is 6.12. The average molecular weight is 388 g/mol. The molecular weight excluding hydrogens is 358 g/mol. The first-order chi connectivity index (χ1) is 13.2. The Balaban J connectivity index is 1.21. The van der Waals surface area contributed by atoms with Crippen molar-refractivity contribution in [1.29, 1.82) is 0 Å². The van der Waals surface area contributed by atoms with E-state index in [1.54, 1.807) is 0 Å². The summed E-state index contributed by atoms with van der Waals surface area (Å²) < 4.78 is 6.52. The van der Waals surface area contributed by atoms with Crippen LogP contribution in [0.25, 0.3) is 10.1 Å². The van der Waals surface area contributed by atoms with Gasteiger partial charge < -0.3 is 15.4 Å². The number of anilines is 1. The molecule has 1 aliphatic carbocycles. The Morgan fingerprint density at radius 1 is 1.11 bits per heavy atom. The zero-order valence-corrected chi connectivity index (χ0v) is 16.6. The first-order valence-electron chi connectivity index (χ1n) is 10.1. The molecule has 1 saturated carbocycles. The summed E-state index contributed by atoms with van der Waals surface area (Å²) in [6, 6.07) is 8.90. The minimum absolute atomic E-state index is 0.0436. The standard InChI is InChI=1S/C21H29N3O2S/c22-21(25)26-17-6-4-16(5-7-17)8-10-23-11-13-24(14-12-23)19-2-1-3-20-18(19)9-15-27-20/h1-3,9,15-17H,4-8,10-14H2,(H2,22,25)/t16-,17-. The number of nitrogens with zero attached hydrogens (tertiary/aromatic N) is 2. The van der Waals surface area contributed by atoms with Crippen LogP contribution < -0.4 is 10.6 Å². The van der Waals surface area contributed by atoms with Gasteiger partial charge in [-0.25, -0.2) is 4.79 Å². The highest BCUT2D eigenvalue weighted by molar-refractivity contribution is 7.17. The number of primary amides is 1. The smallest absolute Gasteiger partial charge is 0.404 e. The van der Waals surface area contributed by atoms with Crippen molar-refractivity contribution in [3.05, 3.63) is 29.6 Å². The van der Waals surface area contributed by atoms with Gasteiger partial charge in [0.1, 0.15) is 6.10 Å². The van der Waals surface area contributed by atoms with E-state index in [1.807, 2.05) is 11.3 Å². The van der Waals surface area contributed by atoms with E-state index < -0.39 is 6.09 Å². The van der Waals surface area contributed by atoms with Crippen molar-refractivity contribution in [3.63, 3.8) is 0 Å². The Kier molecular flexibility index (Phi) is 5.83. The second-order valence-electron chi connectivity index (χ2n) is 7.81. The van der Waals surface area contributed by atoms with Crippen molar-refractivity contribution >= 4 is 33.2 Å². The molecular formula is C21H29N3O2S. The van der Waals surface area contributed by atoms with Crippen LogP contribution in [0.5, 0.6) is 0 Å². The molecule has 1 aromatic carbocycles. The third-order valence-corrected chi connectivity index (χ3v) is 7.00. The van der Waals surface area contributed by atoms with Crippen molar-refractivity contribution < 1.29 is 9.53 Å². The van der Waals surface area contributed by atoms with Gasteiger partial charge in [0, 0.05) is 42.0 Å². The Morgan fingerprint density at radius 2 is 1.89 bits per heavy atom. The number of thiophene rings is 1. The van der Waals surface area contributed by atoms with Gasteiger partial charge in [0.2, 0.25) is 0 Å². The molecule has 1 saturated heterocycles. The molecule has 2 heterocycles. The van der Waals surface area contributed by atoms with Crippen molar-refractivity contribution in [1.82, 2.24) is 4.90 Å². The molecule has 6 heteroatoms. The summed E-state index contributed by atoms with van der Waals surface area (Å²) in [5.41, 5.74) is 6.51. The minimum atomic E-state index is -0.630. The molecule has 0 radical (unpaired) electrons. The second-order valence-corrected chi connectivity index (χ2v) is 8.75. The Morgan fingerprint density at radius 3 is 2.63 bits per heavy atom. The summed E-state index contributed by atoms with van der Waals surface area (Å²) in [5.74, 6) is 0.760. The number of carbonyl (C=O) groups excluding carboxylic acids is 1. The lowest BCUT2D eigenvalue weighted by Gasteiger charge is -2.37. The van der Waals surface area contributed by atoms with E-state index >= 15 is 0 Å². The maximum absolute atomic E-state index is 10.9. The van der Waals surface area contributed by atoms with Gasteiger partial charge in [-0.1, -0.05) is 6.07 Å². The van der Waals surface area contributed by atoms with Crippen LogP contribution >= 0.6 is 11.3 Å². The van der Waals surface area contributed by atoms with Crippen LogP contribution in [0.15, 0.2) is 29.6 Å². The van der Waals surface area contributed by atoms with E-state index in [-0.39, 0.29) is 6.10 Å². The fourth-order valence-electron chi connectivity index (χ4n) is 4.53. The van der Waals surface area contributed by atoms with E-state index in [9.17, 15) is 4.79 Å². The van der Waals surface area contributed by atoms with E-state index in [1.165, 1.54) is 28.7 Å². The number of carbonyl (C=O) groups is 1. The summed E-state index contributed by atoms with van der Waals surface area (Å²) >= 11 is 1.82. The highest BCUT2D eigenvalue weighted by Crippen LogP contribution is 2.32. The number of amides is 1. The fourth-order valence-corrected chi connectivity index (χ4v) is 5.34. The highest BCUT2D eigenvalue weighted by atomic mass is 32.1. The number of fused-ring (bicyclic) bond motifs is 1. The summed E-state index contributed by atoms with van der Waals surface area (Å²) in [6.07, 6.45) is 4.90. The molecule has 5 nitrogen and oxygen atoms in total. The summed E-state index contributed by atoms with van der Waals surface area (Å²) in [6.45, 7) is 5.67. The maximum Gasteiger partial charge on any atom is 0.404 e. The monoisotopic (exact) mass is 387 g/mol. The van der Waals surface area contributed by atoms with Gasteiger partial charge in [-0.15, -0.1) is 11.3 Å². The van der Waals surface area contributed by atoms with Gasteiger partial charge in [0.05, 0.1) is 0 Å². The van der Waals surface area contributed by atoms with Gasteiger partial charge in [-0.2, -0.15) is 0 Å². The highest BCUT2D eigenvalue weighted by Gasteiger charge is 2.25. The number of hydrogen-bond donors (Lipinski definition) is 1. The molecule has 2 N–H and O–H groups in total. The molecule has 2 fully saturated rings. The van der Waals surface area contributed by atoms with E-state index in [0.29, 0.717) is 0 Å². The number of hydrogen-bond acceptors (Lipinski definition) is 5. The van der Waals surface area contributed by atoms with Crippen LogP contribution in [0.4, 0.5) is 10.5 Å². The number of rotatable bonds is 5. The number of ether oxygens (including phenoxy) is 1. The molecule has 1 aromatic heterocycles. The SMILES string of the molecule is NC(=O)O[C@H]1CC[C@H](CCN2CCN(c3cccc4sccc34)CC2)CC1. The van der Waals surface area contributed by atoms with Crippen LogP contribution in [0.1, 0.15) is 32.1 Å². The molecule has 27 heavy (non-hydrogen) atoms. The Labute approximate surface area is 165 Å². The summed E-state index contributed by atoms with van der Waals surface area (Å²) in [7, 11) is 0. The minimum Gasteiger partial charge on any atom is -0.446 e. The Bertz CT molecular complexity index is 762. The van der Waals surface area contributed by atoms with Crippen molar-refractivity contribution in [3.8, 4) is 0 Å². The lowest BCUT2D eigenvalue weighted by molar-refractivity contribution is 0.0679. The Hall–Kier alpha value is -1.79. The summed E-state index contributed by atoms with van der Waals surface area (Å²) in [5, 5.41) is 3.58. The van der Waals surface area contributed by atoms with E-state index in [4.69, 9.17) is 10.5 Å². The molecule has 0 bridgehead atoms. The predicted octanol–water partition coefficient (Wildman–Crippen LogP) is 4.07. The molecule has 4 rings (SSSR count). The molecule has 0 unspecified atom stereocenters. The zero-order valence-electron chi connectivity index (χ0n) is 15.8. The fraction of sp³-hybridized carbons (Fsp3) is 0.571. The van der Waals surface area contributed by atoms with Crippen LogP contribution in [-0.4, -0.2) is 49.8 Å². The number of benzene rings is 1. The molecule has 1 amide bonds. The second kappa shape index (κ2) is 8.48. The normalized spacial score (nSPS) is 24.2. The zero-order chi connectivity index (χ0) is 18.6. The van der Waals surface area contributed by atoms with Crippen LogP contribution in [-0.2, 0) is 4.74 Å². The average Bonchev–Trinajstić information content (AvgIpc) is 3.16. The maximum atomic E-state index is 10.9. The van der Waals surface area contributed by atoms with Gasteiger partial charge in [0.25, 0.3) is 0 Å². The number of piperazine rings is 1. The molecule has 0 spiro atoms. The molecule has 2 aliphatic rings. The van der Waals surface area contributed by atoms with E-state index in [0.717, 1.165) is 57.8 Å². The lowest BCUT2D eigenvalue weighted by atomic mass is 9.85. The van der Waals surface area contributed by atoms with Crippen molar-refractivity contribution in [2.75, 3.05) is 37.6 Å². The first-order valence-corrected chi connectivity index (χ1v) is 11.0. The van der Waals surface area contributed by atoms with Crippen LogP contribution in [0.3, 0.4) is 0 Å². The van der Waals surface area contributed by atoms with E-state index in [2.05, 4.69) is 39.4 Å². The van der Waals surface area contributed by atoms with Gasteiger partial charge >= 0.3 is 6.09 Å². The van der Waals surface area contributed by atoms with Crippen LogP contribution in [0.2, 0.25) is 0 Å². The quantitative estimate of drug-likeness (QED) is 0.840.